The molecule has 6 heteroatoms. The number of rotatable bonds is 76. The highest BCUT2D eigenvalue weighted by Crippen LogP contribution is 2.20. The molecule has 0 aromatic rings. The molecule has 0 aliphatic heterocycles. The van der Waals surface area contributed by atoms with Crippen molar-refractivity contribution in [3.05, 3.63) is 12.2 Å². The number of nitrogens with one attached hydrogen (secondary N) is 1. The Hall–Kier alpha value is -1.40. The van der Waals surface area contributed by atoms with E-state index in [1.165, 1.54) is 392 Å². The van der Waals surface area contributed by atoms with Gasteiger partial charge in [-0.05, 0) is 51.4 Å². The van der Waals surface area contributed by atoms with Gasteiger partial charge in [0.05, 0.1) is 25.4 Å². The standard InChI is InChI=1S/C80H157NO5/c1-3-5-7-9-11-13-15-17-18-19-44-47-50-54-58-62-66-70-74-80(85)86-75-71-67-63-59-55-51-48-45-42-40-38-36-34-32-30-28-26-24-22-20-21-23-25-27-29-31-33-35-37-39-41-43-46-49-53-57-61-65-69-73-79(84)81-77(76-82)78(83)72-68-64-60-56-52-16-14-12-10-8-6-4-2/h20-21,77-78,82-83H,3-19,22-76H2,1-2H3,(H,81,84)/b21-20-. The normalized spacial score (nSPS) is 12.5. The Balaban J connectivity index is 3.28. The van der Waals surface area contributed by atoms with Gasteiger partial charge < -0.3 is 20.3 Å². The monoisotopic (exact) mass is 1210 g/mol. The number of carbonyl (C=O) groups excluding carboxylic acids is 2. The minimum absolute atomic E-state index is 0.0280. The van der Waals surface area contributed by atoms with Gasteiger partial charge in [-0.3, -0.25) is 9.59 Å². The third kappa shape index (κ3) is 71.7. The van der Waals surface area contributed by atoms with Crippen LogP contribution in [0.4, 0.5) is 0 Å². The third-order valence-electron chi connectivity index (χ3n) is 19.1. The maximum absolute atomic E-state index is 12.5. The van der Waals surface area contributed by atoms with Crippen molar-refractivity contribution in [3.8, 4) is 0 Å². The molecular weight excluding hydrogens is 1050 g/mol. The quantitative estimate of drug-likeness (QED) is 0.0320. The van der Waals surface area contributed by atoms with E-state index in [1.54, 1.807) is 0 Å². The summed E-state index contributed by atoms with van der Waals surface area (Å²) in [5.74, 6) is -0.000204. The number of ether oxygens (including phenoxy) is 1. The van der Waals surface area contributed by atoms with E-state index < -0.39 is 12.1 Å². The van der Waals surface area contributed by atoms with Gasteiger partial charge in [-0.1, -0.05) is 411 Å². The van der Waals surface area contributed by atoms with Crippen LogP contribution in [0.3, 0.4) is 0 Å². The lowest BCUT2D eigenvalue weighted by Crippen LogP contribution is -2.45. The highest BCUT2D eigenvalue weighted by atomic mass is 16.5. The molecule has 0 spiro atoms. The first-order chi connectivity index (χ1) is 42.5. The number of allylic oxidation sites excluding steroid dienone is 2. The molecule has 0 aliphatic carbocycles. The fourth-order valence-electron chi connectivity index (χ4n) is 13.0. The lowest BCUT2D eigenvalue weighted by molar-refractivity contribution is -0.143. The van der Waals surface area contributed by atoms with E-state index in [2.05, 4.69) is 31.3 Å². The Kier molecular flexibility index (Phi) is 74.8. The van der Waals surface area contributed by atoms with Gasteiger partial charge in [0.15, 0.2) is 0 Å². The molecule has 2 unspecified atom stereocenters. The second-order valence-corrected chi connectivity index (χ2v) is 27.8. The summed E-state index contributed by atoms with van der Waals surface area (Å²) in [5.41, 5.74) is 0. The van der Waals surface area contributed by atoms with Crippen LogP contribution in [-0.4, -0.2) is 47.4 Å². The first-order valence-corrected chi connectivity index (χ1v) is 39.9. The van der Waals surface area contributed by atoms with Crippen LogP contribution in [0.25, 0.3) is 0 Å². The first-order valence-electron chi connectivity index (χ1n) is 39.9. The average Bonchev–Trinajstić information content (AvgIpc) is 3.53. The highest BCUT2D eigenvalue weighted by Gasteiger charge is 2.20. The molecule has 0 fully saturated rings. The van der Waals surface area contributed by atoms with Gasteiger partial charge in [0.1, 0.15) is 0 Å². The van der Waals surface area contributed by atoms with Crippen molar-refractivity contribution in [1.29, 1.82) is 0 Å². The van der Waals surface area contributed by atoms with E-state index in [4.69, 9.17) is 4.74 Å². The van der Waals surface area contributed by atoms with Crippen molar-refractivity contribution >= 4 is 11.9 Å². The van der Waals surface area contributed by atoms with Crippen LogP contribution in [0, 0.1) is 0 Å². The minimum atomic E-state index is -0.659. The van der Waals surface area contributed by atoms with Gasteiger partial charge in [-0.25, -0.2) is 0 Å². The zero-order valence-electron chi connectivity index (χ0n) is 58.8. The van der Waals surface area contributed by atoms with Crippen molar-refractivity contribution in [2.45, 2.75) is 475 Å². The van der Waals surface area contributed by atoms with Crippen LogP contribution in [0.5, 0.6) is 0 Å². The number of unbranched alkanes of at least 4 members (excludes halogenated alkanes) is 63. The Morgan fingerprint density at radius 2 is 0.547 bits per heavy atom. The van der Waals surface area contributed by atoms with Gasteiger partial charge in [-0.15, -0.1) is 0 Å². The molecule has 0 aromatic heterocycles. The predicted molar refractivity (Wildman–Crippen MR) is 380 cm³/mol. The molecule has 0 aliphatic rings. The summed E-state index contributed by atoms with van der Waals surface area (Å²) >= 11 is 0. The average molecular weight is 1210 g/mol. The van der Waals surface area contributed by atoms with E-state index >= 15 is 0 Å². The largest absolute Gasteiger partial charge is 0.466 e. The van der Waals surface area contributed by atoms with Gasteiger partial charge in [0.2, 0.25) is 5.91 Å². The fourth-order valence-corrected chi connectivity index (χ4v) is 13.0. The van der Waals surface area contributed by atoms with Crippen molar-refractivity contribution in [1.82, 2.24) is 5.32 Å². The van der Waals surface area contributed by atoms with Gasteiger partial charge >= 0.3 is 5.97 Å². The van der Waals surface area contributed by atoms with E-state index in [-0.39, 0.29) is 18.5 Å². The lowest BCUT2D eigenvalue weighted by atomic mass is 10.0. The molecule has 0 radical (unpaired) electrons. The molecule has 0 bridgehead atoms. The molecule has 6 nitrogen and oxygen atoms in total. The number of amides is 1. The SMILES string of the molecule is CCCCCCCCCCCCCCCCCCCCC(=O)OCCCCCCCCCCCCCCCCCCCC/C=C\CCCCCCCCCCCCCCCCCCCC(=O)NC(CO)C(O)CCCCCCCCCCCCCC. The molecule has 0 saturated heterocycles. The maximum Gasteiger partial charge on any atom is 0.305 e. The highest BCUT2D eigenvalue weighted by molar-refractivity contribution is 5.76. The van der Waals surface area contributed by atoms with Crippen LogP contribution >= 0.6 is 0 Å². The number of aliphatic hydroxyl groups excluding tert-OH is 2. The molecule has 512 valence electrons. The summed E-state index contributed by atoms with van der Waals surface area (Å²) in [4.78, 5) is 24.6. The van der Waals surface area contributed by atoms with Crippen molar-refractivity contribution in [3.63, 3.8) is 0 Å². The first kappa shape index (κ1) is 84.6. The smallest absolute Gasteiger partial charge is 0.305 e. The van der Waals surface area contributed by atoms with Crippen LogP contribution in [0.2, 0.25) is 0 Å². The number of hydrogen-bond donors (Lipinski definition) is 3. The van der Waals surface area contributed by atoms with E-state index in [9.17, 15) is 19.8 Å². The van der Waals surface area contributed by atoms with E-state index in [0.29, 0.717) is 25.9 Å². The number of esters is 1. The third-order valence-corrected chi connectivity index (χ3v) is 19.1. The van der Waals surface area contributed by atoms with Gasteiger partial charge in [-0.2, -0.15) is 0 Å². The summed E-state index contributed by atoms with van der Waals surface area (Å²) in [6.45, 7) is 5.00. The molecule has 0 aromatic carbocycles. The topological polar surface area (TPSA) is 95.9 Å². The van der Waals surface area contributed by atoms with Crippen molar-refractivity contribution in [2.75, 3.05) is 13.2 Å². The number of hydrogen-bond acceptors (Lipinski definition) is 5. The van der Waals surface area contributed by atoms with Crippen LogP contribution < -0.4 is 5.32 Å². The van der Waals surface area contributed by atoms with Crippen LogP contribution in [0.1, 0.15) is 463 Å². The molecule has 2 atom stereocenters. The van der Waals surface area contributed by atoms with E-state index in [0.717, 1.165) is 38.5 Å². The Labute approximate surface area is 539 Å². The summed E-state index contributed by atoms with van der Waals surface area (Å²) in [6, 6.07) is -0.536. The lowest BCUT2D eigenvalue weighted by Gasteiger charge is -2.22. The van der Waals surface area contributed by atoms with Crippen molar-refractivity contribution < 1.29 is 24.5 Å². The molecule has 86 heavy (non-hydrogen) atoms. The fraction of sp³-hybridized carbons (Fsp3) is 0.950. The molecular formula is C80H157NO5. The summed E-state index contributed by atoms with van der Waals surface area (Å²) in [6.07, 6.45) is 96.1. The van der Waals surface area contributed by atoms with E-state index in [1.807, 2.05) is 0 Å². The second kappa shape index (κ2) is 76.1. The molecule has 0 saturated carbocycles. The Morgan fingerprint density at radius 1 is 0.314 bits per heavy atom. The summed E-state index contributed by atoms with van der Waals surface area (Å²) in [5, 5.41) is 23.3. The van der Waals surface area contributed by atoms with Crippen molar-refractivity contribution in [2.24, 2.45) is 0 Å². The molecule has 1 amide bonds. The second-order valence-electron chi connectivity index (χ2n) is 27.8. The van der Waals surface area contributed by atoms with Crippen LogP contribution in [-0.2, 0) is 14.3 Å². The zero-order chi connectivity index (χ0) is 62.0. The molecule has 0 heterocycles. The molecule has 3 N–H and O–H groups in total. The zero-order valence-corrected chi connectivity index (χ0v) is 58.8. The molecule has 0 rings (SSSR count). The number of aliphatic hydroxyl groups is 2. The Morgan fingerprint density at radius 3 is 0.826 bits per heavy atom. The maximum atomic E-state index is 12.5. The minimum Gasteiger partial charge on any atom is -0.466 e. The van der Waals surface area contributed by atoms with Gasteiger partial charge in [0, 0.05) is 12.8 Å². The predicted octanol–water partition coefficient (Wildman–Crippen LogP) is 26.3. The Bertz CT molecular complexity index is 1300. The summed E-state index contributed by atoms with van der Waals surface area (Å²) < 4.78 is 5.52. The summed E-state index contributed by atoms with van der Waals surface area (Å²) in [7, 11) is 0. The van der Waals surface area contributed by atoms with Gasteiger partial charge in [0.25, 0.3) is 0 Å². The number of carbonyl (C=O) groups is 2. The van der Waals surface area contributed by atoms with Crippen LogP contribution in [0.15, 0.2) is 12.2 Å².